The quantitative estimate of drug-likeness (QED) is 0.811. The van der Waals surface area contributed by atoms with E-state index in [1.165, 1.54) is 6.42 Å². The van der Waals surface area contributed by atoms with Crippen LogP contribution in [0, 0.1) is 17.8 Å². The van der Waals surface area contributed by atoms with Gasteiger partial charge in [0.2, 0.25) is 5.91 Å². The fourth-order valence-electron chi connectivity index (χ4n) is 3.48. The first kappa shape index (κ1) is 17.5. The molecule has 0 heterocycles. The molecule has 1 fully saturated rings. The lowest BCUT2D eigenvalue weighted by Crippen LogP contribution is -2.52. The molecule has 1 aliphatic rings. The van der Waals surface area contributed by atoms with Crippen LogP contribution in [0.2, 0.25) is 0 Å². The average molecular weight is 282 g/mol. The molecule has 3 unspecified atom stereocenters. The minimum Gasteiger partial charge on any atom is -0.339 e. The Hall–Kier alpha value is -0.570. The number of nitrogens with two attached hydrogens (primary N) is 1. The summed E-state index contributed by atoms with van der Waals surface area (Å²) >= 11 is 0. The van der Waals surface area contributed by atoms with Crippen molar-refractivity contribution in [2.75, 3.05) is 6.54 Å². The lowest BCUT2D eigenvalue weighted by molar-refractivity contribution is -0.141. The van der Waals surface area contributed by atoms with E-state index in [-0.39, 0.29) is 12.0 Å². The van der Waals surface area contributed by atoms with Crippen molar-refractivity contribution >= 4 is 5.91 Å². The Morgan fingerprint density at radius 2 is 1.85 bits per heavy atom. The van der Waals surface area contributed by atoms with Crippen LogP contribution in [0.1, 0.15) is 66.7 Å². The van der Waals surface area contributed by atoms with E-state index < -0.39 is 0 Å². The van der Waals surface area contributed by atoms with Gasteiger partial charge in [0.25, 0.3) is 0 Å². The van der Waals surface area contributed by atoms with Crippen molar-refractivity contribution in [3.8, 4) is 0 Å². The van der Waals surface area contributed by atoms with Crippen LogP contribution in [-0.2, 0) is 4.79 Å². The molecule has 3 atom stereocenters. The van der Waals surface area contributed by atoms with Crippen molar-refractivity contribution < 1.29 is 4.79 Å². The summed E-state index contributed by atoms with van der Waals surface area (Å²) in [5, 5.41) is 0. The Morgan fingerprint density at radius 3 is 2.35 bits per heavy atom. The van der Waals surface area contributed by atoms with Gasteiger partial charge in [-0.3, -0.25) is 4.79 Å². The summed E-state index contributed by atoms with van der Waals surface area (Å²) < 4.78 is 0. The molecule has 3 nitrogen and oxygen atoms in total. The van der Waals surface area contributed by atoms with E-state index in [1.54, 1.807) is 0 Å². The molecule has 0 saturated heterocycles. The van der Waals surface area contributed by atoms with Crippen molar-refractivity contribution in [2.24, 2.45) is 23.5 Å². The summed E-state index contributed by atoms with van der Waals surface area (Å²) in [5.41, 5.74) is 6.33. The number of amides is 1. The highest BCUT2D eigenvalue weighted by molar-refractivity contribution is 5.80. The van der Waals surface area contributed by atoms with E-state index in [9.17, 15) is 4.79 Å². The molecule has 20 heavy (non-hydrogen) atoms. The molecule has 0 aliphatic heterocycles. The molecule has 1 aliphatic carbocycles. The normalized spacial score (nSPS) is 27.1. The van der Waals surface area contributed by atoms with E-state index in [0.29, 0.717) is 23.8 Å². The molecule has 2 N–H and O–H groups in total. The summed E-state index contributed by atoms with van der Waals surface area (Å²) in [6.07, 6.45) is 5.35. The second kappa shape index (κ2) is 8.02. The largest absolute Gasteiger partial charge is 0.339 e. The maximum Gasteiger partial charge on any atom is 0.227 e. The molecule has 1 rings (SSSR count). The van der Waals surface area contributed by atoms with Crippen molar-refractivity contribution in [1.82, 2.24) is 4.90 Å². The number of hydrogen-bond acceptors (Lipinski definition) is 2. The summed E-state index contributed by atoms with van der Waals surface area (Å²) in [7, 11) is 0. The summed E-state index contributed by atoms with van der Waals surface area (Å²) in [6.45, 7) is 11.8. The minimum absolute atomic E-state index is 0.0399. The fourth-order valence-corrected chi connectivity index (χ4v) is 3.48. The van der Waals surface area contributed by atoms with Gasteiger partial charge >= 0.3 is 0 Å². The highest BCUT2D eigenvalue weighted by Crippen LogP contribution is 2.30. The highest BCUT2D eigenvalue weighted by Gasteiger charge is 2.36. The molecular weight excluding hydrogens is 248 g/mol. The van der Waals surface area contributed by atoms with Gasteiger partial charge in [-0.1, -0.05) is 41.0 Å². The van der Waals surface area contributed by atoms with Gasteiger partial charge in [0.05, 0.1) is 5.92 Å². The van der Waals surface area contributed by atoms with E-state index >= 15 is 0 Å². The van der Waals surface area contributed by atoms with Gasteiger partial charge < -0.3 is 10.6 Å². The summed E-state index contributed by atoms with van der Waals surface area (Å²) in [4.78, 5) is 15.1. The van der Waals surface area contributed by atoms with Gasteiger partial charge in [-0.2, -0.15) is 0 Å². The maximum absolute atomic E-state index is 13.0. The van der Waals surface area contributed by atoms with Crippen molar-refractivity contribution in [1.29, 1.82) is 0 Å². The van der Waals surface area contributed by atoms with Crippen LogP contribution in [0.25, 0.3) is 0 Å². The van der Waals surface area contributed by atoms with Crippen LogP contribution in [0.5, 0.6) is 0 Å². The minimum atomic E-state index is 0.0399. The summed E-state index contributed by atoms with van der Waals surface area (Å²) in [5.74, 6) is 1.33. The summed E-state index contributed by atoms with van der Waals surface area (Å²) in [6, 6.07) is 0.412. The Morgan fingerprint density at radius 1 is 1.25 bits per heavy atom. The molecule has 1 saturated carbocycles. The molecule has 0 spiro atoms. The smallest absolute Gasteiger partial charge is 0.227 e. The molecule has 0 aromatic carbocycles. The monoisotopic (exact) mass is 282 g/mol. The van der Waals surface area contributed by atoms with Gasteiger partial charge in [-0.15, -0.1) is 0 Å². The predicted molar refractivity (Wildman–Crippen MR) is 85.4 cm³/mol. The number of rotatable bonds is 6. The van der Waals surface area contributed by atoms with Crippen LogP contribution in [-0.4, -0.2) is 29.4 Å². The molecule has 0 aromatic heterocycles. The van der Waals surface area contributed by atoms with Gasteiger partial charge in [0.15, 0.2) is 0 Å². The molecule has 0 bridgehead atoms. The second-order valence-corrected chi connectivity index (χ2v) is 6.95. The molecular formula is C17H34N2O. The fraction of sp³-hybridized carbons (Fsp3) is 0.941. The zero-order valence-electron chi connectivity index (χ0n) is 14.1. The molecule has 1 amide bonds. The lowest BCUT2D eigenvalue weighted by atomic mass is 9.77. The van der Waals surface area contributed by atoms with Crippen LogP contribution >= 0.6 is 0 Å². The van der Waals surface area contributed by atoms with Crippen molar-refractivity contribution in [3.05, 3.63) is 0 Å². The van der Waals surface area contributed by atoms with Crippen LogP contribution in [0.4, 0.5) is 0 Å². The first-order valence-corrected chi connectivity index (χ1v) is 8.48. The van der Waals surface area contributed by atoms with Gasteiger partial charge in [-0.05, 0) is 37.5 Å². The van der Waals surface area contributed by atoms with Crippen LogP contribution < -0.4 is 5.73 Å². The average Bonchev–Trinajstić information content (AvgIpc) is 2.41. The SMILES string of the molecule is CCC(CC)N(CC(C)C)C(=O)C1CCCC(C)C1N. The van der Waals surface area contributed by atoms with E-state index in [0.717, 1.165) is 32.2 Å². The standard InChI is InChI=1S/C17H34N2O/c1-6-14(7-2)19(11-12(3)4)17(20)15-10-8-9-13(5)16(15)18/h12-16H,6-11,18H2,1-5H3. The van der Waals surface area contributed by atoms with E-state index in [1.807, 2.05) is 0 Å². The Balaban J connectivity index is 2.85. The van der Waals surface area contributed by atoms with Crippen LogP contribution in [0.3, 0.4) is 0 Å². The number of carbonyl (C=O) groups is 1. The first-order chi connectivity index (χ1) is 9.42. The molecule has 118 valence electrons. The number of carbonyl (C=O) groups excluding carboxylic acids is 1. The number of hydrogen-bond donors (Lipinski definition) is 1. The predicted octanol–water partition coefficient (Wildman–Crippen LogP) is 3.42. The lowest BCUT2D eigenvalue weighted by Gasteiger charge is -2.39. The molecule has 3 heteroatoms. The third-order valence-corrected chi connectivity index (χ3v) is 4.84. The first-order valence-electron chi connectivity index (χ1n) is 8.48. The van der Waals surface area contributed by atoms with E-state index in [4.69, 9.17) is 5.73 Å². The molecule has 0 aromatic rings. The zero-order valence-corrected chi connectivity index (χ0v) is 14.1. The second-order valence-electron chi connectivity index (χ2n) is 6.95. The third-order valence-electron chi connectivity index (χ3n) is 4.84. The van der Waals surface area contributed by atoms with Crippen LogP contribution in [0.15, 0.2) is 0 Å². The topological polar surface area (TPSA) is 46.3 Å². The Labute approximate surface area is 125 Å². The highest BCUT2D eigenvalue weighted by atomic mass is 16.2. The van der Waals surface area contributed by atoms with Gasteiger partial charge in [-0.25, -0.2) is 0 Å². The number of nitrogens with zero attached hydrogens (tertiary/aromatic N) is 1. The Kier molecular flexibility index (Phi) is 7.01. The third kappa shape index (κ3) is 4.21. The van der Waals surface area contributed by atoms with Crippen molar-refractivity contribution in [3.63, 3.8) is 0 Å². The zero-order chi connectivity index (χ0) is 15.3. The van der Waals surface area contributed by atoms with Gasteiger partial charge in [0.1, 0.15) is 0 Å². The van der Waals surface area contributed by atoms with Crippen molar-refractivity contribution in [2.45, 2.75) is 78.8 Å². The molecule has 0 radical (unpaired) electrons. The van der Waals surface area contributed by atoms with Gasteiger partial charge in [0, 0.05) is 18.6 Å². The maximum atomic E-state index is 13.0. The Bertz CT molecular complexity index is 299. The van der Waals surface area contributed by atoms with E-state index in [2.05, 4.69) is 39.5 Å².